The first-order valence-electron chi connectivity index (χ1n) is 8.26. The van der Waals surface area contributed by atoms with Crippen molar-refractivity contribution in [2.24, 2.45) is 5.92 Å². The van der Waals surface area contributed by atoms with Gasteiger partial charge in [-0.15, -0.1) is 0 Å². The van der Waals surface area contributed by atoms with Crippen LogP contribution in [0.2, 0.25) is 0 Å². The number of aryl methyl sites for hydroxylation is 1. The highest BCUT2D eigenvalue weighted by atomic mass is 16.5. The van der Waals surface area contributed by atoms with Gasteiger partial charge in [0.2, 0.25) is 0 Å². The van der Waals surface area contributed by atoms with E-state index in [1.807, 2.05) is 44.2 Å². The van der Waals surface area contributed by atoms with Crippen molar-refractivity contribution in [1.82, 2.24) is 0 Å². The molecule has 23 heavy (non-hydrogen) atoms. The van der Waals surface area contributed by atoms with Crippen LogP contribution in [0.4, 0.5) is 0 Å². The zero-order chi connectivity index (χ0) is 16.4. The first-order chi connectivity index (χ1) is 11.1. The molecule has 0 N–H and O–H groups in total. The lowest BCUT2D eigenvalue weighted by atomic mass is 9.96. The second kappa shape index (κ2) is 6.45. The molecule has 2 aromatic carbocycles. The molecule has 0 saturated carbocycles. The summed E-state index contributed by atoms with van der Waals surface area (Å²) in [5, 5.41) is 0. The van der Waals surface area contributed by atoms with Gasteiger partial charge >= 0.3 is 5.97 Å². The van der Waals surface area contributed by atoms with Gasteiger partial charge in [0.15, 0.2) is 0 Å². The standard InChI is InChI=1S/C20H22O3/c1-4-13(3)20(21)23-19-14(5-2)10-11-18-16(19)12-15-8-6-7-9-17(15)22-18/h6-11,13H,4-5,12H2,1-3H3. The predicted molar refractivity (Wildman–Crippen MR) is 90.2 cm³/mol. The Morgan fingerprint density at radius 1 is 1.17 bits per heavy atom. The first-order valence-corrected chi connectivity index (χ1v) is 8.26. The van der Waals surface area contributed by atoms with Crippen molar-refractivity contribution in [2.45, 2.75) is 40.0 Å². The quantitative estimate of drug-likeness (QED) is 0.508. The zero-order valence-electron chi connectivity index (χ0n) is 13.9. The Hall–Kier alpha value is -2.29. The smallest absolute Gasteiger partial charge is 0.314 e. The van der Waals surface area contributed by atoms with Gasteiger partial charge < -0.3 is 9.47 Å². The molecular weight excluding hydrogens is 288 g/mol. The lowest BCUT2D eigenvalue weighted by Crippen LogP contribution is -2.19. The van der Waals surface area contributed by atoms with E-state index in [1.165, 1.54) is 0 Å². The Morgan fingerprint density at radius 2 is 1.96 bits per heavy atom. The van der Waals surface area contributed by atoms with Gasteiger partial charge in [-0.2, -0.15) is 0 Å². The highest BCUT2D eigenvalue weighted by Gasteiger charge is 2.25. The topological polar surface area (TPSA) is 35.5 Å². The molecule has 0 spiro atoms. The molecule has 3 rings (SSSR count). The minimum absolute atomic E-state index is 0.104. The highest BCUT2D eigenvalue weighted by molar-refractivity contribution is 5.76. The number of carbonyl (C=O) groups is 1. The molecule has 0 amide bonds. The molecule has 1 unspecified atom stereocenters. The molecule has 0 aliphatic carbocycles. The van der Waals surface area contributed by atoms with E-state index in [0.29, 0.717) is 5.75 Å². The number of benzene rings is 2. The minimum Gasteiger partial charge on any atom is -0.457 e. The molecule has 2 aromatic rings. The fourth-order valence-electron chi connectivity index (χ4n) is 2.75. The summed E-state index contributed by atoms with van der Waals surface area (Å²) in [7, 11) is 0. The average Bonchev–Trinajstić information content (AvgIpc) is 2.59. The molecule has 0 fully saturated rings. The normalized spacial score (nSPS) is 13.5. The number of para-hydroxylation sites is 1. The molecule has 0 radical (unpaired) electrons. The molecule has 1 heterocycles. The maximum atomic E-state index is 12.3. The molecule has 1 aliphatic heterocycles. The lowest BCUT2D eigenvalue weighted by molar-refractivity contribution is -0.138. The van der Waals surface area contributed by atoms with Gasteiger partial charge in [-0.1, -0.05) is 45.0 Å². The summed E-state index contributed by atoms with van der Waals surface area (Å²) in [6, 6.07) is 12.0. The Morgan fingerprint density at radius 3 is 2.70 bits per heavy atom. The van der Waals surface area contributed by atoms with Crippen molar-refractivity contribution < 1.29 is 14.3 Å². The summed E-state index contributed by atoms with van der Waals surface area (Å²) in [5.74, 6) is 2.07. The lowest BCUT2D eigenvalue weighted by Gasteiger charge is -2.24. The van der Waals surface area contributed by atoms with Crippen LogP contribution in [-0.4, -0.2) is 5.97 Å². The van der Waals surface area contributed by atoms with E-state index in [0.717, 1.165) is 47.5 Å². The summed E-state index contributed by atoms with van der Waals surface area (Å²) in [6.07, 6.45) is 2.31. The van der Waals surface area contributed by atoms with Crippen LogP contribution in [0.5, 0.6) is 17.2 Å². The van der Waals surface area contributed by atoms with Crippen molar-refractivity contribution >= 4 is 5.97 Å². The number of ether oxygens (including phenoxy) is 2. The molecule has 120 valence electrons. The van der Waals surface area contributed by atoms with E-state index in [1.54, 1.807) is 0 Å². The number of rotatable bonds is 4. The largest absolute Gasteiger partial charge is 0.457 e. The number of carbonyl (C=O) groups excluding carboxylic acids is 1. The van der Waals surface area contributed by atoms with Crippen LogP contribution in [0, 0.1) is 5.92 Å². The Balaban J connectivity index is 2.01. The molecule has 0 aromatic heterocycles. The second-order valence-corrected chi connectivity index (χ2v) is 6.00. The fraction of sp³-hybridized carbons (Fsp3) is 0.350. The third kappa shape index (κ3) is 2.96. The van der Waals surface area contributed by atoms with E-state index in [9.17, 15) is 4.79 Å². The Kier molecular flexibility index (Phi) is 4.37. The van der Waals surface area contributed by atoms with Gasteiger partial charge in [0, 0.05) is 12.0 Å². The third-order valence-corrected chi connectivity index (χ3v) is 4.46. The van der Waals surface area contributed by atoms with Crippen molar-refractivity contribution in [3.05, 3.63) is 53.1 Å². The molecule has 3 heteroatoms. The average molecular weight is 310 g/mol. The maximum absolute atomic E-state index is 12.3. The molecular formula is C20H22O3. The highest BCUT2D eigenvalue weighted by Crippen LogP contribution is 2.42. The third-order valence-electron chi connectivity index (χ3n) is 4.46. The van der Waals surface area contributed by atoms with Crippen LogP contribution in [0.25, 0.3) is 0 Å². The van der Waals surface area contributed by atoms with E-state index in [2.05, 4.69) is 13.0 Å². The fourth-order valence-corrected chi connectivity index (χ4v) is 2.75. The van der Waals surface area contributed by atoms with Gasteiger partial charge in [-0.25, -0.2) is 0 Å². The Bertz CT molecular complexity index is 734. The number of hydrogen-bond acceptors (Lipinski definition) is 3. The number of fused-ring (bicyclic) bond motifs is 2. The van der Waals surface area contributed by atoms with Gasteiger partial charge in [0.05, 0.1) is 5.92 Å². The number of esters is 1. The summed E-state index contributed by atoms with van der Waals surface area (Å²) in [4.78, 5) is 12.3. The molecule has 3 nitrogen and oxygen atoms in total. The second-order valence-electron chi connectivity index (χ2n) is 6.00. The van der Waals surface area contributed by atoms with Gasteiger partial charge in [-0.05, 0) is 36.1 Å². The van der Waals surface area contributed by atoms with Crippen LogP contribution in [0.15, 0.2) is 36.4 Å². The van der Waals surface area contributed by atoms with Crippen molar-refractivity contribution in [3.63, 3.8) is 0 Å². The Labute approximate surface area is 137 Å². The minimum atomic E-state index is -0.172. The zero-order valence-corrected chi connectivity index (χ0v) is 13.9. The first kappa shape index (κ1) is 15.6. The van der Waals surface area contributed by atoms with Gasteiger partial charge in [0.1, 0.15) is 17.2 Å². The van der Waals surface area contributed by atoms with E-state index >= 15 is 0 Å². The van der Waals surface area contributed by atoms with Crippen LogP contribution >= 0.6 is 0 Å². The number of hydrogen-bond donors (Lipinski definition) is 0. The van der Waals surface area contributed by atoms with Crippen LogP contribution in [0.3, 0.4) is 0 Å². The summed E-state index contributed by atoms with van der Waals surface area (Å²) in [6.45, 7) is 5.96. The molecule has 1 atom stereocenters. The predicted octanol–water partition coefficient (Wildman–Crippen LogP) is 4.90. The maximum Gasteiger partial charge on any atom is 0.314 e. The van der Waals surface area contributed by atoms with Gasteiger partial charge in [0.25, 0.3) is 0 Å². The monoisotopic (exact) mass is 310 g/mol. The van der Waals surface area contributed by atoms with Crippen molar-refractivity contribution in [1.29, 1.82) is 0 Å². The molecule has 0 bridgehead atoms. The van der Waals surface area contributed by atoms with Crippen LogP contribution in [-0.2, 0) is 17.6 Å². The molecule has 1 aliphatic rings. The molecule has 0 saturated heterocycles. The van der Waals surface area contributed by atoms with Gasteiger partial charge in [-0.3, -0.25) is 4.79 Å². The summed E-state index contributed by atoms with van der Waals surface area (Å²) in [5.41, 5.74) is 3.14. The summed E-state index contributed by atoms with van der Waals surface area (Å²) >= 11 is 0. The SMILES string of the molecule is CCc1ccc2c(c1OC(=O)C(C)CC)Cc1ccccc1O2. The van der Waals surface area contributed by atoms with Crippen LogP contribution in [0.1, 0.15) is 43.9 Å². The van der Waals surface area contributed by atoms with Crippen molar-refractivity contribution in [2.75, 3.05) is 0 Å². The van der Waals surface area contributed by atoms with E-state index in [-0.39, 0.29) is 11.9 Å². The summed E-state index contributed by atoms with van der Waals surface area (Å²) < 4.78 is 11.8. The van der Waals surface area contributed by atoms with Crippen LogP contribution < -0.4 is 9.47 Å². The van der Waals surface area contributed by atoms with Crippen molar-refractivity contribution in [3.8, 4) is 17.2 Å². The van der Waals surface area contributed by atoms with E-state index in [4.69, 9.17) is 9.47 Å². The van der Waals surface area contributed by atoms with E-state index < -0.39 is 0 Å².